The topological polar surface area (TPSA) is 111 Å². The summed E-state index contributed by atoms with van der Waals surface area (Å²) < 4.78 is 10.3. The molecule has 0 radical (unpaired) electrons. The van der Waals surface area contributed by atoms with Gasteiger partial charge < -0.3 is 14.5 Å². The Morgan fingerprint density at radius 1 is 1.26 bits per heavy atom. The Balaban J connectivity index is 2.00. The molecule has 1 N–H and O–H groups in total. The summed E-state index contributed by atoms with van der Waals surface area (Å²) >= 11 is 4.01. The Morgan fingerprint density at radius 3 is 2.67 bits per heavy atom. The van der Waals surface area contributed by atoms with Crippen LogP contribution in [0.3, 0.4) is 0 Å². The fourth-order valence-corrected chi connectivity index (χ4v) is 5.20. The van der Waals surface area contributed by atoms with Gasteiger partial charge in [0.25, 0.3) is 5.56 Å². The number of esters is 2. The molecule has 3 aromatic rings. The van der Waals surface area contributed by atoms with Crippen molar-refractivity contribution < 1.29 is 19.1 Å². The van der Waals surface area contributed by atoms with Crippen molar-refractivity contribution in [3.63, 3.8) is 0 Å². The number of nitrogens with one attached hydrogen (secondary N) is 1. The van der Waals surface area contributed by atoms with E-state index in [4.69, 9.17) is 4.74 Å². The van der Waals surface area contributed by atoms with Gasteiger partial charge in [0.05, 0.1) is 31.8 Å². The average molecular weight is 426 g/mol. The zero-order valence-corrected chi connectivity index (χ0v) is 17.1. The number of rotatable bonds is 6. The lowest BCUT2D eigenvalue weighted by Gasteiger charge is -2.02. The number of thioether (sulfide) groups is 1. The van der Waals surface area contributed by atoms with Crippen LogP contribution in [0, 0.1) is 6.92 Å². The Kier molecular flexibility index (Phi) is 5.92. The normalized spacial score (nSPS) is 10.9. The number of hydrogen-bond donors (Lipinski definition) is 1. The first kappa shape index (κ1) is 19.5. The van der Waals surface area contributed by atoms with Crippen LogP contribution in [0.5, 0.6) is 0 Å². The summed E-state index contributed by atoms with van der Waals surface area (Å²) in [7, 11) is 2.48. The average Bonchev–Trinajstić information content (AvgIpc) is 3.23. The number of nitrogens with zero attached hydrogens (tertiary/aromatic N) is 2. The molecule has 0 atom stereocenters. The molecule has 142 valence electrons. The summed E-state index contributed by atoms with van der Waals surface area (Å²) in [6, 6.07) is 0. The van der Waals surface area contributed by atoms with E-state index in [0.29, 0.717) is 16.4 Å². The summed E-state index contributed by atoms with van der Waals surface area (Å²) in [5.74, 6) is -0.285. The van der Waals surface area contributed by atoms with E-state index in [2.05, 4.69) is 19.7 Å². The van der Waals surface area contributed by atoms with Crippen LogP contribution in [0.25, 0.3) is 10.2 Å². The van der Waals surface area contributed by atoms with E-state index in [-0.39, 0.29) is 22.2 Å². The van der Waals surface area contributed by atoms with Crippen molar-refractivity contribution in [2.24, 2.45) is 0 Å². The van der Waals surface area contributed by atoms with Crippen LogP contribution in [0.4, 0.5) is 0 Å². The van der Waals surface area contributed by atoms with Gasteiger partial charge in [-0.05, 0) is 6.92 Å². The van der Waals surface area contributed by atoms with Gasteiger partial charge in [0.1, 0.15) is 15.5 Å². The lowest BCUT2D eigenvalue weighted by molar-refractivity contribution is -0.139. The Morgan fingerprint density at radius 2 is 2.04 bits per heavy atom. The molecule has 11 heteroatoms. The summed E-state index contributed by atoms with van der Waals surface area (Å²) in [5, 5.41) is 2.16. The van der Waals surface area contributed by atoms with Crippen LogP contribution in [-0.4, -0.2) is 41.1 Å². The second-order valence-corrected chi connectivity index (χ2v) is 8.47. The first-order valence-electron chi connectivity index (χ1n) is 7.67. The van der Waals surface area contributed by atoms with Crippen molar-refractivity contribution >= 4 is 56.6 Å². The van der Waals surface area contributed by atoms with Crippen LogP contribution >= 0.6 is 34.4 Å². The molecule has 0 spiro atoms. The van der Waals surface area contributed by atoms with Crippen LogP contribution in [0.1, 0.15) is 26.8 Å². The number of methoxy groups -OCH3 is 2. The maximum Gasteiger partial charge on any atom is 0.348 e. The molecule has 0 aliphatic carbocycles. The second-order valence-electron chi connectivity index (χ2n) is 5.39. The smallest absolute Gasteiger partial charge is 0.348 e. The number of ether oxygens (including phenoxy) is 2. The zero-order valence-electron chi connectivity index (χ0n) is 14.7. The van der Waals surface area contributed by atoms with Crippen LogP contribution in [0.15, 0.2) is 14.5 Å². The minimum Gasteiger partial charge on any atom is -0.469 e. The van der Waals surface area contributed by atoms with E-state index < -0.39 is 17.5 Å². The molecule has 0 unspecified atom stereocenters. The molecule has 3 aromatic heterocycles. The lowest BCUT2D eigenvalue weighted by Crippen LogP contribution is -2.15. The number of hydrogen-bond acceptors (Lipinski definition) is 10. The molecule has 0 aliphatic rings. The first-order chi connectivity index (χ1) is 12.9. The van der Waals surface area contributed by atoms with Crippen LogP contribution in [0.2, 0.25) is 0 Å². The van der Waals surface area contributed by atoms with Gasteiger partial charge in [-0.25, -0.2) is 14.8 Å². The van der Waals surface area contributed by atoms with Crippen molar-refractivity contribution in [3.8, 4) is 0 Å². The highest BCUT2D eigenvalue weighted by Crippen LogP contribution is 2.30. The highest BCUT2D eigenvalue weighted by Gasteiger charge is 2.24. The number of carbonyl (C=O) groups is 2. The van der Waals surface area contributed by atoms with Crippen molar-refractivity contribution in [2.75, 3.05) is 14.2 Å². The molecule has 0 fully saturated rings. The van der Waals surface area contributed by atoms with Crippen molar-refractivity contribution in [3.05, 3.63) is 37.7 Å². The zero-order chi connectivity index (χ0) is 19.6. The molecule has 0 aromatic carbocycles. The number of thiazole rings is 1. The molecular weight excluding hydrogens is 410 g/mol. The number of aromatic amines is 1. The summed E-state index contributed by atoms with van der Waals surface area (Å²) in [6.45, 7) is 1.91. The van der Waals surface area contributed by atoms with E-state index in [0.717, 1.165) is 21.4 Å². The van der Waals surface area contributed by atoms with Crippen molar-refractivity contribution in [2.45, 2.75) is 23.4 Å². The number of fused-ring (bicyclic) bond motifs is 1. The fraction of sp³-hybridized carbons (Fsp3) is 0.312. The predicted molar refractivity (Wildman–Crippen MR) is 104 cm³/mol. The molecule has 0 saturated heterocycles. The standard InChI is InChI=1S/C16H15N3O5S3/c1-7-5-25-16(17-7)26-6-9-18-13(21)11-8(4-10(20)23-2)12(15(22)24-3)27-14(11)19-9/h5H,4,6H2,1-3H3,(H,18,19,21). The van der Waals surface area contributed by atoms with Crippen molar-refractivity contribution in [1.82, 2.24) is 15.0 Å². The molecule has 0 saturated carbocycles. The SMILES string of the molecule is COC(=O)Cc1c(C(=O)OC)sc2nc(CSc3nc(C)cs3)[nH]c(=O)c12. The van der Waals surface area contributed by atoms with Crippen LogP contribution in [-0.2, 0) is 26.4 Å². The van der Waals surface area contributed by atoms with Gasteiger partial charge in [0, 0.05) is 16.6 Å². The van der Waals surface area contributed by atoms with Gasteiger partial charge in [0.15, 0.2) is 4.34 Å². The van der Waals surface area contributed by atoms with Crippen LogP contribution < -0.4 is 5.56 Å². The van der Waals surface area contributed by atoms with E-state index in [9.17, 15) is 14.4 Å². The predicted octanol–water partition coefficient (Wildman–Crippen LogP) is 2.54. The Labute approximate surface area is 165 Å². The molecule has 8 nitrogen and oxygen atoms in total. The summed E-state index contributed by atoms with van der Waals surface area (Å²) in [6.07, 6.45) is -0.210. The highest BCUT2D eigenvalue weighted by molar-refractivity contribution is 8.00. The molecule has 27 heavy (non-hydrogen) atoms. The van der Waals surface area contributed by atoms with Gasteiger partial charge >= 0.3 is 11.9 Å². The van der Waals surface area contributed by atoms with Crippen molar-refractivity contribution in [1.29, 1.82) is 0 Å². The fourth-order valence-electron chi connectivity index (χ4n) is 2.35. The number of thiophene rings is 1. The van der Waals surface area contributed by atoms with E-state index in [1.54, 1.807) is 0 Å². The highest BCUT2D eigenvalue weighted by atomic mass is 32.2. The summed E-state index contributed by atoms with van der Waals surface area (Å²) in [4.78, 5) is 48.5. The minimum absolute atomic E-state index is 0.177. The number of carbonyl (C=O) groups excluding carboxylic acids is 2. The first-order valence-corrected chi connectivity index (χ1v) is 10.4. The third-order valence-electron chi connectivity index (χ3n) is 3.56. The monoisotopic (exact) mass is 425 g/mol. The molecule has 3 rings (SSSR count). The lowest BCUT2D eigenvalue weighted by atomic mass is 10.1. The molecule has 0 amide bonds. The molecule has 0 bridgehead atoms. The van der Waals surface area contributed by atoms with Gasteiger partial charge in [-0.2, -0.15) is 0 Å². The van der Waals surface area contributed by atoms with Gasteiger partial charge in [-0.3, -0.25) is 9.59 Å². The largest absolute Gasteiger partial charge is 0.469 e. The van der Waals surface area contributed by atoms with E-state index in [1.165, 1.54) is 37.3 Å². The van der Waals surface area contributed by atoms with Gasteiger partial charge in [0.2, 0.25) is 0 Å². The number of aryl methyl sites for hydroxylation is 1. The number of aromatic nitrogens is 3. The Bertz CT molecular complexity index is 1070. The molecular formula is C16H15N3O5S3. The minimum atomic E-state index is -0.620. The third kappa shape index (κ3) is 4.20. The third-order valence-corrected chi connectivity index (χ3v) is 6.82. The Hall–Kier alpha value is -2.24. The number of H-pyrrole nitrogens is 1. The maximum atomic E-state index is 12.6. The molecule has 0 aliphatic heterocycles. The maximum absolute atomic E-state index is 12.6. The van der Waals surface area contributed by atoms with E-state index >= 15 is 0 Å². The second kappa shape index (κ2) is 8.19. The summed E-state index contributed by atoms with van der Waals surface area (Å²) in [5.41, 5.74) is 0.807. The van der Waals surface area contributed by atoms with E-state index in [1.807, 2.05) is 12.3 Å². The quantitative estimate of drug-likeness (QED) is 0.474. The van der Waals surface area contributed by atoms with Gasteiger partial charge in [-0.1, -0.05) is 11.8 Å². The van der Waals surface area contributed by atoms with Gasteiger partial charge in [-0.15, -0.1) is 22.7 Å². The molecule has 3 heterocycles.